The van der Waals surface area contributed by atoms with Crippen LogP contribution in [-0.2, 0) is 6.61 Å². The van der Waals surface area contributed by atoms with Crippen LogP contribution in [0.25, 0.3) is 0 Å². The second-order valence-corrected chi connectivity index (χ2v) is 4.27. The molecule has 100 valence electrons. The summed E-state index contributed by atoms with van der Waals surface area (Å²) in [5, 5.41) is 0. The van der Waals surface area contributed by atoms with Crippen LogP contribution in [0.1, 0.15) is 24.1 Å². The van der Waals surface area contributed by atoms with E-state index in [-0.39, 0.29) is 12.6 Å². The summed E-state index contributed by atoms with van der Waals surface area (Å²) in [5.41, 5.74) is 6.63. The molecule has 0 unspecified atom stereocenters. The van der Waals surface area contributed by atoms with Crippen LogP contribution in [0.4, 0.5) is 8.78 Å². The lowest BCUT2D eigenvalue weighted by atomic mass is 10.1. The van der Waals surface area contributed by atoms with Gasteiger partial charge in [-0.05, 0) is 19.1 Å². The van der Waals surface area contributed by atoms with E-state index in [4.69, 9.17) is 10.5 Å². The number of hydrogen-bond donors (Lipinski definition) is 1. The minimum atomic E-state index is -0.431. The van der Waals surface area contributed by atoms with E-state index in [0.29, 0.717) is 16.9 Å². The molecule has 0 aliphatic heterocycles. The van der Waals surface area contributed by atoms with E-state index in [9.17, 15) is 8.78 Å². The molecule has 0 bridgehead atoms. The predicted molar refractivity (Wildman–Crippen MR) is 67.5 cm³/mol. The topological polar surface area (TPSA) is 48.1 Å². The van der Waals surface area contributed by atoms with Crippen molar-refractivity contribution in [3.63, 3.8) is 0 Å². The highest BCUT2D eigenvalue weighted by Gasteiger charge is 2.08. The number of aromatic nitrogens is 1. The maximum atomic E-state index is 13.7. The van der Waals surface area contributed by atoms with Gasteiger partial charge in [0.25, 0.3) is 0 Å². The summed E-state index contributed by atoms with van der Waals surface area (Å²) in [5.74, 6) is -0.476. The van der Waals surface area contributed by atoms with Crippen LogP contribution in [0.15, 0.2) is 36.7 Å². The van der Waals surface area contributed by atoms with Crippen molar-refractivity contribution in [3.05, 3.63) is 59.4 Å². The quantitative estimate of drug-likeness (QED) is 0.923. The standard InChI is InChI=1S/C14H14F2N2O/c1-9(17)13-3-2-12(5-14(13)16)19-8-10-4-11(15)7-18-6-10/h2-7,9H,8,17H2,1H3/t9-/m1/s1. The number of hydrogen-bond acceptors (Lipinski definition) is 3. The summed E-state index contributed by atoms with van der Waals surface area (Å²) < 4.78 is 31.9. The van der Waals surface area contributed by atoms with Crippen molar-refractivity contribution < 1.29 is 13.5 Å². The van der Waals surface area contributed by atoms with E-state index < -0.39 is 11.6 Å². The highest BCUT2D eigenvalue weighted by molar-refractivity contribution is 5.30. The van der Waals surface area contributed by atoms with Gasteiger partial charge in [0, 0.05) is 29.4 Å². The van der Waals surface area contributed by atoms with Crippen LogP contribution in [0.2, 0.25) is 0 Å². The summed E-state index contributed by atoms with van der Waals surface area (Å²) in [4.78, 5) is 3.71. The Morgan fingerprint density at radius 3 is 2.68 bits per heavy atom. The largest absolute Gasteiger partial charge is 0.489 e. The summed E-state index contributed by atoms with van der Waals surface area (Å²) in [6.07, 6.45) is 2.61. The molecule has 0 aliphatic rings. The number of halogens is 2. The fourth-order valence-corrected chi connectivity index (χ4v) is 1.67. The molecule has 0 radical (unpaired) electrons. The molecule has 0 saturated heterocycles. The molecular weight excluding hydrogens is 250 g/mol. The maximum Gasteiger partial charge on any atom is 0.141 e. The molecule has 19 heavy (non-hydrogen) atoms. The predicted octanol–water partition coefficient (Wildman–Crippen LogP) is 2.96. The minimum Gasteiger partial charge on any atom is -0.489 e. The zero-order valence-electron chi connectivity index (χ0n) is 10.4. The van der Waals surface area contributed by atoms with Crippen LogP contribution in [0.5, 0.6) is 5.75 Å². The molecule has 1 heterocycles. The molecule has 1 aromatic heterocycles. The lowest BCUT2D eigenvalue weighted by molar-refractivity contribution is 0.303. The van der Waals surface area contributed by atoms with Crippen LogP contribution in [0.3, 0.4) is 0 Å². The average molecular weight is 264 g/mol. The Balaban J connectivity index is 2.06. The first kappa shape index (κ1) is 13.4. The second-order valence-electron chi connectivity index (χ2n) is 4.27. The Morgan fingerprint density at radius 2 is 2.05 bits per heavy atom. The summed E-state index contributed by atoms with van der Waals surface area (Å²) in [6.45, 7) is 1.83. The number of nitrogens with zero attached hydrogens (tertiary/aromatic N) is 1. The van der Waals surface area contributed by atoms with Gasteiger partial charge in [-0.15, -0.1) is 0 Å². The van der Waals surface area contributed by atoms with Crippen LogP contribution >= 0.6 is 0 Å². The monoisotopic (exact) mass is 264 g/mol. The summed E-state index contributed by atoms with van der Waals surface area (Å²) in [7, 11) is 0. The lowest BCUT2D eigenvalue weighted by Crippen LogP contribution is -2.07. The van der Waals surface area contributed by atoms with E-state index >= 15 is 0 Å². The first-order valence-corrected chi connectivity index (χ1v) is 5.83. The zero-order chi connectivity index (χ0) is 13.8. The molecule has 2 rings (SSSR count). The van der Waals surface area contributed by atoms with Crippen molar-refractivity contribution in [2.45, 2.75) is 19.6 Å². The average Bonchev–Trinajstić information content (AvgIpc) is 2.36. The number of benzene rings is 1. The van der Waals surface area contributed by atoms with Crippen molar-refractivity contribution in [1.82, 2.24) is 4.98 Å². The molecule has 0 fully saturated rings. The molecule has 5 heteroatoms. The second kappa shape index (κ2) is 5.75. The fraction of sp³-hybridized carbons (Fsp3) is 0.214. The van der Waals surface area contributed by atoms with Crippen molar-refractivity contribution in [2.75, 3.05) is 0 Å². The first-order valence-electron chi connectivity index (χ1n) is 5.83. The molecule has 2 N–H and O–H groups in total. The van der Waals surface area contributed by atoms with E-state index in [2.05, 4.69) is 4.98 Å². The third kappa shape index (κ3) is 3.48. The van der Waals surface area contributed by atoms with Gasteiger partial charge in [0.2, 0.25) is 0 Å². The number of ether oxygens (including phenoxy) is 1. The van der Waals surface area contributed by atoms with Crippen molar-refractivity contribution in [3.8, 4) is 5.75 Å². The number of pyridine rings is 1. The number of rotatable bonds is 4. The molecular formula is C14H14F2N2O. The van der Waals surface area contributed by atoms with Gasteiger partial charge in [0.05, 0.1) is 6.20 Å². The summed E-state index contributed by atoms with van der Waals surface area (Å²) in [6, 6.07) is 5.43. The van der Waals surface area contributed by atoms with E-state index in [0.717, 1.165) is 6.20 Å². The zero-order valence-corrected chi connectivity index (χ0v) is 10.4. The highest BCUT2D eigenvalue weighted by atomic mass is 19.1. The van der Waals surface area contributed by atoms with Gasteiger partial charge in [0.15, 0.2) is 0 Å². The van der Waals surface area contributed by atoms with Crippen LogP contribution in [-0.4, -0.2) is 4.98 Å². The van der Waals surface area contributed by atoms with Crippen LogP contribution in [0, 0.1) is 11.6 Å². The molecule has 2 aromatic rings. The van der Waals surface area contributed by atoms with E-state index in [1.807, 2.05) is 0 Å². The SMILES string of the molecule is C[C@@H](N)c1ccc(OCc2cncc(F)c2)cc1F. The van der Waals surface area contributed by atoms with Crippen molar-refractivity contribution in [1.29, 1.82) is 0 Å². The number of nitrogens with two attached hydrogens (primary N) is 1. The maximum absolute atomic E-state index is 13.7. The van der Waals surface area contributed by atoms with Gasteiger partial charge in [-0.3, -0.25) is 4.98 Å². The molecule has 0 spiro atoms. The van der Waals surface area contributed by atoms with Crippen molar-refractivity contribution in [2.24, 2.45) is 5.73 Å². The molecule has 0 amide bonds. The molecule has 0 saturated carbocycles. The van der Waals surface area contributed by atoms with Gasteiger partial charge in [0.1, 0.15) is 24.0 Å². The van der Waals surface area contributed by atoms with Crippen LogP contribution < -0.4 is 10.5 Å². The molecule has 1 aromatic carbocycles. The van der Waals surface area contributed by atoms with Gasteiger partial charge >= 0.3 is 0 Å². The van der Waals surface area contributed by atoms with Gasteiger partial charge < -0.3 is 10.5 Å². The molecule has 0 aliphatic carbocycles. The third-order valence-corrected chi connectivity index (χ3v) is 2.63. The van der Waals surface area contributed by atoms with Crippen molar-refractivity contribution >= 4 is 0 Å². The van der Waals surface area contributed by atoms with E-state index in [1.54, 1.807) is 19.1 Å². The minimum absolute atomic E-state index is 0.127. The summed E-state index contributed by atoms with van der Waals surface area (Å²) >= 11 is 0. The van der Waals surface area contributed by atoms with E-state index in [1.165, 1.54) is 18.3 Å². The normalized spacial score (nSPS) is 12.2. The Kier molecular flexibility index (Phi) is 4.06. The van der Waals surface area contributed by atoms with Gasteiger partial charge in [-0.2, -0.15) is 0 Å². The lowest BCUT2D eigenvalue weighted by Gasteiger charge is -2.10. The molecule has 3 nitrogen and oxygen atoms in total. The Hall–Kier alpha value is -2.01. The Morgan fingerprint density at radius 1 is 1.26 bits per heavy atom. The smallest absolute Gasteiger partial charge is 0.141 e. The van der Waals surface area contributed by atoms with Gasteiger partial charge in [-0.1, -0.05) is 6.07 Å². The highest BCUT2D eigenvalue weighted by Crippen LogP contribution is 2.21. The Labute approximate surface area is 110 Å². The molecule has 1 atom stereocenters. The third-order valence-electron chi connectivity index (χ3n) is 2.63. The fourth-order valence-electron chi connectivity index (χ4n) is 1.67. The first-order chi connectivity index (χ1) is 9.06. The Bertz CT molecular complexity index is 573. The van der Waals surface area contributed by atoms with Gasteiger partial charge in [-0.25, -0.2) is 8.78 Å².